The molecule has 1 N–H and O–H groups in total. The van der Waals surface area contributed by atoms with Gasteiger partial charge in [-0.3, -0.25) is 4.90 Å². The van der Waals surface area contributed by atoms with Crippen LogP contribution in [0, 0.1) is 5.92 Å². The molecule has 6 nitrogen and oxygen atoms in total. The Morgan fingerprint density at radius 3 is 1.95 bits per heavy atom. The fourth-order valence-electron chi connectivity index (χ4n) is 5.39. The SMILES string of the molecule is CC1(C)OB(c2ccc([C@](O)(C(=O)OCC3CCN(Cc4ccccc4)CC3)c3ccccc3)cc2)OC1(C)C.S. The van der Waals surface area contributed by atoms with Gasteiger partial charge in [-0.25, -0.2) is 4.79 Å². The standard InChI is InChI=1S/C33H40BNO5.H2S/c1-31(2)32(3,4)40-34(39-31)29-17-15-28(16-18-29)33(37,27-13-9-6-10-14-27)30(36)38-24-26-19-21-35(22-20-26)23-25-11-7-5-8-12-25;/h5-18,26,37H,19-24H2,1-4H3;1H2/t33-;/m0./s1. The summed E-state index contributed by atoms with van der Waals surface area (Å²) >= 11 is 0. The van der Waals surface area contributed by atoms with Crippen molar-refractivity contribution in [2.75, 3.05) is 19.7 Å². The summed E-state index contributed by atoms with van der Waals surface area (Å²) in [4.78, 5) is 16.0. The van der Waals surface area contributed by atoms with E-state index in [-0.39, 0.29) is 19.4 Å². The average Bonchev–Trinajstić information content (AvgIpc) is 3.19. The van der Waals surface area contributed by atoms with E-state index in [1.54, 1.807) is 24.3 Å². The minimum atomic E-state index is -1.93. The first-order chi connectivity index (χ1) is 19.1. The first kappa shape index (κ1) is 31.3. The van der Waals surface area contributed by atoms with Crippen LogP contribution in [0.3, 0.4) is 0 Å². The highest BCUT2D eigenvalue weighted by Gasteiger charge is 2.52. The van der Waals surface area contributed by atoms with Crippen molar-refractivity contribution in [1.82, 2.24) is 4.90 Å². The predicted octanol–water partition coefficient (Wildman–Crippen LogP) is 4.79. The zero-order chi connectivity index (χ0) is 28.4. The lowest BCUT2D eigenvalue weighted by atomic mass is 9.77. The van der Waals surface area contributed by atoms with Gasteiger partial charge in [0.05, 0.1) is 17.8 Å². The molecule has 0 aliphatic carbocycles. The highest BCUT2D eigenvalue weighted by atomic mass is 32.1. The number of carbonyl (C=O) groups excluding carboxylic acids is 1. The molecule has 2 fully saturated rings. The van der Waals surface area contributed by atoms with Gasteiger partial charge in [-0.2, -0.15) is 13.5 Å². The number of likely N-dealkylation sites (tertiary alicyclic amines) is 1. The number of nitrogens with zero attached hydrogens (tertiary/aromatic N) is 1. The number of rotatable bonds is 8. The van der Waals surface area contributed by atoms with Gasteiger partial charge in [-0.05, 0) is 81.7 Å². The second-order valence-electron chi connectivity index (χ2n) is 12.1. The molecule has 41 heavy (non-hydrogen) atoms. The molecule has 0 saturated carbocycles. The van der Waals surface area contributed by atoms with Crippen molar-refractivity contribution < 1.29 is 23.9 Å². The molecule has 8 heteroatoms. The zero-order valence-corrected chi connectivity index (χ0v) is 25.5. The first-order valence-corrected chi connectivity index (χ1v) is 14.3. The van der Waals surface area contributed by atoms with Gasteiger partial charge in [0.15, 0.2) is 0 Å². The van der Waals surface area contributed by atoms with Crippen molar-refractivity contribution in [2.24, 2.45) is 5.92 Å². The van der Waals surface area contributed by atoms with Crippen molar-refractivity contribution in [3.63, 3.8) is 0 Å². The van der Waals surface area contributed by atoms with Crippen LogP contribution in [0.25, 0.3) is 0 Å². The molecule has 218 valence electrons. The molecule has 3 aromatic carbocycles. The highest BCUT2D eigenvalue weighted by Crippen LogP contribution is 2.37. The lowest BCUT2D eigenvalue weighted by Gasteiger charge is -2.33. The van der Waals surface area contributed by atoms with E-state index >= 15 is 0 Å². The number of aliphatic hydroxyl groups is 1. The van der Waals surface area contributed by atoms with Gasteiger partial charge in [0.1, 0.15) is 0 Å². The minimum Gasteiger partial charge on any atom is -0.463 e. The number of piperidine rings is 1. The Morgan fingerprint density at radius 2 is 1.39 bits per heavy atom. The number of benzene rings is 3. The first-order valence-electron chi connectivity index (χ1n) is 14.3. The molecule has 0 bridgehead atoms. The van der Waals surface area contributed by atoms with Crippen LogP contribution in [0.2, 0.25) is 0 Å². The second-order valence-corrected chi connectivity index (χ2v) is 12.1. The molecule has 0 aromatic heterocycles. The fourth-order valence-corrected chi connectivity index (χ4v) is 5.39. The maximum Gasteiger partial charge on any atom is 0.494 e. The number of esters is 1. The Labute approximate surface area is 251 Å². The molecule has 0 unspecified atom stereocenters. The Morgan fingerprint density at radius 1 is 0.878 bits per heavy atom. The summed E-state index contributed by atoms with van der Waals surface area (Å²) in [6.45, 7) is 11.2. The van der Waals surface area contributed by atoms with Crippen molar-refractivity contribution in [2.45, 2.75) is 63.9 Å². The second kappa shape index (κ2) is 12.7. The van der Waals surface area contributed by atoms with Crippen LogP contribution in [0.15, 0.2) is 84.9 Å². The van der Waals surface area contributed by atoms with E-state index in [0.29, 0.717) is 17.7 Å². The Bertz CT molecular complexity index is 1260. The monoisotopic (exact) mass is 575 g/mol. The van der Waals surface area contributed by atoms with E-state index in [1.807, 2.05) is 64.1 Å². The molecule has 0 amide bonds. The van der Waals surface area contributed by atoms with Crippen molar-refractivity contribution in [1.29, 1.82) is 0 Å². The van der Waals surface area contributed by atoms with Gasteiger partial charge in [-0.15, -0.1) is 0 Å². The molecule has 1 atom stereocenters. The van der Waals surface area contributed by atoms with Crippen LogP contribution in [0.4, 0.5) is 0 Å². The lowest BCUT2D eigenvalue weighted by molar-refractivity contribution is -0.164. The Kier molecular flexibility index (Phi) is 9.72. The van der Waals surface area contributed by atoms with Crippen LogP contribution < -0.4 is 5.46 Å². The summed E-state index contributed by atoms with van der Waals surface area (Å²) in [5.41, 5.74) is 0.218. The maximum atomic E-state index is 13.6. The molecule has 5 rings (SSSR count). The highest BCUT2D eigenvalue weighted by molar-refractivity contribution is 7.59. The number of hydrogen-bond donors (Lipinski definition) is 1. The summed E-state index contributed by atoms with van der Waals surface area (Å²) in [6.07, 6.45) is 1.90. The molecule has 2 heterocycles. The quantitative estimate of drug-likeness (QED) is 0.308. The molecule has 0 spiro atoms. The topological polar surface area (TPSA) is 68.2 Å². The molecule has 2 aliphatic heterocycles. The number of ether oxygens (including phenoxy) is 1. The van der Waals surface area contributed by atoms with E-state index in [0.717, 1.165) is 37.9 Å². The van der Waals surface area contributed by atoms with Crippen LogP contribution in [0.1, 0.15) is 57.2 Å². The maximum absolute atomic E-state index is 13.6. The predicted molar refractivity (Wildman–Crippen MR) is 167 cm³/mol. The summed E-state index contributed by atoms with van der Waals surface area (Å²) in [5, 5.41) is 11.9. The molecule has 0 radical (unpaired) electrons. The minimum absolute atomic E-state index is 0. The lowest BCUT2D eigenvalue weighted by Crippen LogP contribution is -2.41. The van der Waals surface area contributed by atoms with E-state index in [9.17, 15) is 9.90 Å². The largest absolute Gasteiger partial charge is 0.494 e. The van der Waals surface area contributed by atoms with Crippen LogP contribution in [0.5, 0.6) is 0 Å². The number of carbonyl (C=O) groups is 1. The Hall–Kier alpha value is -2.62. The van der Waals surface area contributed by atoms with Gasteiger partial charge < -0.3 is 19.2 Å². The van der Waals surface area contributed by atoms with Crippen molar-refractivity contribution >= 4 is 32.0 Å². The van der Waals surface area contributed by atoms with E-state index in [4.69, 9.17) is 14.0 Å². The van der Waals surface area contributed by atoms with Gasteiger partial charge in [0, 0.05) is 6.54 Å². The normalized spacial score (nSPS) is 20.2. The third-order valence-electron chi connectivity index (χ3n) is 8.75. The summed E-state index contributed by atoms with van der Waals surface area (Å²) in [6, 6.07) is 26.7. The van der Waals surface area contributed by atoms with Crippen LogP contribution in [-0.2, 0) is 31.0 Å². The van der Waals surface area contributed by atoms with Gasteiger partial charge in [0.25, 0.3) is 0 Å². The fraction of sp³-hybridized carbons (Fsp3) is 0.424. The Balaban J connectivity index is 0.00000387. The summed E-state index contributed by atoms with van der Waals surface area (Å²) in [5.74, 6) is -0.393. The van der Waals surface area contributed by atoms with E-state index in [1.165, 1.54) is 5.56 Å². The number of hydrogen-bond acceptors (Lipinski definition) is 6. The van der Waals surface area contributed by atoms with Crippen molar-refractivity contribution in [3.8, 4) is 0 Å². The summed E-state index contributed by atoms with van der Waals surface area (Å²) in [7, 11) is -0.524. The van der Waals surface area contributed by atoms with Crippen LogP contribution in [-0.4, -0.2) is 54.0 Å². The third-order valence-corrected chi connectivity index (χ3v) is 8.75. The summed E-state index contributed by atoms with van der Waals surface area (Å²) < 4.78 is 18.2. The molecule has 2 saturated heterocycles. The van der Waals surface area contributed by atoms with E-state index in [2.05, 4.69) is 29.2 Å². The third kappa shape index (κ3) is 6.73. The average molecular weight is 576 g/mol. The zero-order valence-electron chi connectivity index (χ0n) is 24.5. The van der Waals surface area contributed by atoms with Crippen LogP contribution >= 0.6 is 13.5 Å². The smallest absolute Gasteiger partial charge is 0.463 e. The molecule has 2 aliphatic rings. The van der Waals surface area contributed by atoms with Gasteiger partial charge in [-0.1, -0.05) is 84.9 Å². The molecular weight excluding hydrogens is 533 g/mol. The molecular formula is C33H42BNO5S. The van der Waals surface area contributed by atoms with Crippen molar-refractivity contribution in [3.05, 3.63) is 102 Å². The van der Waals surface area contributed by atoms with Gasteiger partial charge >= 0.3 is 13.1 Å². The van der Waals surface area contributed by atoms with E-state index < -0.39 is 29.9 Å². The molecule has 3 aromatic rings. The van der Waals surface area contributed by atoms with Gasteiger partial charge in [0.2, 0.25) is 5.60 Å².